The van der Waals surface area contributed by atoms with Crippen molar-refractivity contribution in [2.75, 3.05) is 5.32 Å². The summed E-state index contributed by atoms with van der Waals surface area (Å²) < 4.78 is 24.4. The number of carbonyl (C=O) groups is 1. The topological polar surface area (TPSA) is 94.2 Å². The van der Waals surface area contributed by atoms with Crippen LogP contribution in [-0.2, 0) is 21.4 Å². The summed E-state index contributed by atoms with van der Waals surface area (Å²) >= 11 is 0. The minimum atomic E-state index is -3.74. The lowest BCUT2D eigenvalue weighted by atomic mass is 10.0. The van der Waals surface area contributed by atoms with E-state index in [9.17, 15) is 13.2 Å². The first-order valence-electron chi connectivity index (χ1n) is 8.25. The summed E-state index contributed by atoms with van der Waals surface area (Å²) in [6.45, 7) is 4.46. The number of hydrogen-bond acceptors (Lipinski definition) is 3. The first kappa shape index (κ1) is 18.2. The molecule has 0 aliphatic carbocycles. The van der Waals surface area contributed by atoms with Gasteiger partial charge in [0, 0.05) is 17.4 Å². The molecule has 0 unspecified atom stereocenters. The van der Waals surface area contributed by atoms with E-state index in [-0.39, 0.29) is 17.3 Å². The molecule has 1 aromatic heterocycles. The summed E-state index contributed by atoms with van der Waals surface area (Å²) in [5, 5.41) is 8.92. The fraction of sp³-hybridized carbons (Fsp3) is 0.211. The summed E-state index contributed by atoms with van der Waals surface area (Å²) in [5.74, 6) is 0.255. The molecule has 0 saturated heterocycles. The summed E-state index contributed by atoms with van der Waals surface area (Å²) in [6.07, 6.45) is 1.89. The Morgan fingerprint density at radius 3 is 2.42 bits per heavy atom. The highest BCUT2D eigenvalue weighted by Crippen LogP contribution is 2.22. The zero-order valence-corrected chi connectivity index (χ0v) is 15.5. The maximum absolute atomic E-state index is 12.3. The molecule has 0 aliphatic heterocycles. The number of rotatable bonds is 5. The van der Waals surface area contributed by atoms with Gasteiger partial charge in [-0.2, -0.15) is 0 Å². The van der Waals surface area contributed by atoms with E-state index in [1.807, 2.05) is 22.9 Å². The van der Waals surface area contributed by atoms with Crippen LogP contribution < -0.4 is 10.5 Å². The SMILES string of the molecule is CC(C)c1ccc2c(ccn2CC(=O)Nc2ccc(S(N)(=O)=O)cc2)c1. The number of fused-ring (bicyclic) bond motifs is 1. The molecule has 136 valence electrons. The first-order valence-corrected chi connectivity index (χ1v) is 9.80. The molecule has 1 heterocycles. The van der Waals surface area contributed by atoms with Crippen LogP contribution in [0.2, 0.25) is 0 Å². The average Bonchev–Trinajstić information content (AvgIpc) is 2.96. The van der Waals surface area contributed by atoms with Crippen LogP contribution in [0, 0.1) is 0 Å². The van der Waals surface area contributed by atoms with Crippen molar-refractivity contribution in [3.8, 4) is 0 Å². The Labute approximate surface area is 152 Å². The van der Waals surface area contributed by atoms with Gasteiger partial charge in [-0.3, -0.25) is 4.79 Å². The van der Waals surface area contributed by atoms with Crippen LogP contribution in [0.15, 0.2) is 59.6 Å². The van der Waals surface area contributed by atoms with Crippen LogP contribution in [0.3, 0.4) is 0 Å². The van der Waals surface area contributed by atoms with Crippen molar-refractivity contribution in [1.82, 2.24) is 4.57 Å². The van der Waals surface area contributed by atoms with Crippen LogP contribution in [0.5, 0.6) is 0 Å². The molecule has 3 aromatic rings. The first-order chi connectivity index (χ1) is 12.2. The highest BCUT2D eigenvalue weighted by atomic mass is 32.2. The molecular weight excluding hydrogens is 350 g/mol. The van der Waals surface area contributed by atoms with E-state index in [0.717, 1.165) is 10.9 Å². The van der Waals surface area contributed by atoms with Gasteiger partial charge in [-0.05, 0) is 59.3 Å². The van der Waals surface area contributed by atoms with E-state index in [0.29, 0.717) is 11.6 Å². The Balaban J connectivity index is 1.73. The third-order valence-electron chi connectivity index (χ3n) is 4.24. The number of primary sulfonamides is 1. The lowest BCUT2D eigenvalue weighted by molar-refractivity contribution is -0.116. The number of amides is 1. The maximum Gasteiger partial charge on any atom is 0.244 e. The van der Waals surface area contributed by atoms with Crippen LogP contribution in [0.4, 0.5) is 5.69 Å². The molecule has 0 atom stereocenters. The fourth-order valence-electron chi connectivity index (χ4n) is 2.80. The molecule has 3 N–H and O–H groups in total. The summed E-state index contributed by atoms with van der Waals surface area (Å²) in [6, 6.07) is 14.0. The third kappa shape index (κ3) is 3.95. The van der Waals surface area contributed by atoms with Crippen molar-refractivity contribution in [3.05, 3.63) is 60.3 Å². The predicted molar refractivity (Wildman–Crippen MR) is 102 cm³/mol. The quantitative estimate of drug-likeness (QED) is 0.722. The number of sulfonamides is 1. The van der Waals surface area contributed by atoms with Gasteiger partial charge < -0.3 is 9.88 Å². The standard InChI is InChI=1S/C19H21N3O3S/c1-13(2)14-3-8-18-15(11-14)9-10-22(18)12-19(23)21-16-4-6-17(7-5-16)26(20,24)25/h3-11,13H,12H2,1-2H3,(H,21,23)(H2,20,24,25). The number of nitrogens with zero attached hydrogens (tertiary/aromatic N) is 1. The Hall–Kier alpha value is -2.64. The highest BCUT2D eigenvalue weighted by Gasteiger charge is 2.10. The van der Waals surface area contributed by atoms with Crippen molar-refractivity contribution in [2.45, 2.75) is 31.2 Å². The number of benzene rings is 2. The van der Waals surface area contributed by atoms with Gasteiger partial charge in [-0.1, -0.05) is 19.9 Å². The van der Waals surface area contributed by atoms with Crippen molar-refractivity contribution in [3.63, 3.8) is 0 Å². The minimum absolute atomic E-state index is 0.00728. The molecule has 0 radical (unpaired) electrons. The second kappa shape index (κ2) is 6.93. The average molecular weight is 371 g/mol. The third-order valence-corrected chi connectivity index (χ3v) is 5.17. The molecule has 6 nitrogen and oxygen atoms in total. The van der Waals surface area contributed by atoms with Crippen LogP contribution in [-0.4, -0.2) is 18.9 Å². The van der Waals surface area contributed by atoms with Crippen LogP contribution in [0.25, 0.3) is 10.9 Å². The van der Waals surface area contributed by atoms with E-state index in [1.165, 1.54) is 29.8 Å². The Morgan fingerprint density at radius 2 is 1.81 bits per heavy atom. The van der Waals surface area contributed by atoms with Crippen molar-refractivity contribution in [2.24, 2.45) is 5.14 Å². The van der Waals surface area contributed by atoms with Gasteiger partial charge in [0.1, 0.15) is 6.54 Å². The molecule has 0 saturated carbocycles. The minimum Gasteiger partial charge on any atom is -0.338 e. The number of nitrogens with two attached hydrogens (primary N) is 1. The molecule has 2 aromatic carbocycles. The molecule has 0 spiro atoms. The monoisotopic (exact) mass is 371 g/mol. The molecule has 26 heavy (non-hydrogen) atoms. The molecule has 1 amide bonds. The summed E-state index contributed by atoms with van der Waals surface area (Å²) in [7, 11) is -3.74. The Bertz CT molecular complexity index is 1050. The van der Waals surface area contributed by atoms with E-state index in [2.05, 4.69) is 31.3 Å². The van der Waals surface area contributed by atoms with Crippen LogP contribution in [0.1, 0.15) is 25.3 Å². The van der Waals surface area contributed by atoms with Crippen molar-refractivity contribution < 1.29 is 13.2 Å². The molecule has 3 rings (SSSR count). The molecule has 7 heteroatoms. The molecular formula is C19H21N3O3S. The molecule has 0 fully saturated rings. The molecule has 0 aliphatic rings. The zero-order chi connectivity index (χ0) is 18.9. The smallest absolute Gasteiger partial charge is 0.244 e. The summed E-state index contributed by atoms with van der Waals surface area (Å²) in [4.78, 5) is 12.3. The van der Waals surface area contributed by atoms with Gasteiger partial charge in [-0.15, -0.1) is 0 Å². The number of hydrogen-bond donors (Lipinski definition) is 2. The van der Waals surface area contributed by atoms with Gasteiger partial charge >= 0.3 is 0 Å². The van der Waals surface area contributed by atoms with Crippen molar-refractivity contribution >= 4 is 32.5 Å². The zero-order valence-electron chi connectivity index (χ0n) is 14.6. The normalized spacial score (nSPS) is 11.8. The number of nitrogens with one attached hydrogen (secondary N) is 1. The van der Waals surface area contributed by atoms with Gasteiger partial charge in [-0.25, -0.2) is 13.6 Å². The number of aromatic nitrogens is 1. The predicted octanol–water partition coefficient (Wildman–Crippen LogP) is 3.05. The molecule has 0 bridgehead atoms. The lowest BCUT2D eigenvalue weighted by Crippen LogP contribution is -2.18. The second-order valence-electron chi connectivity index (χ2n) is 6.53. The largest absolute Gasteiger partial charge is 0.338 e. The van der Waals surface area contributed by atoms with E-state index >= 15 is 0 Å². The Morgan fingerprint density at radius 1 is 1.12 bits per heavy atom. The fourth-order valence-corrected chi connectivity index (χ4v) is 3.31. The summed E-state index contributed by atoms with van der Waals surface area (Å²) in [5.41, 5.74) is 2.77. The van der Waals surface area contributed by atoms with Crippen LogP contribution >= 0.6 is 0 Å². The number of anilines is 1. The van der Waals surface area contributed by atoms with Gasteiger partial charge in [0.15, 0.2) is 0 Å². The van der Waals surface area contributed by atoms with Gasteiger partial charge in [0.05, 0.1) is 4.90 Å². The number of carbonyl (C=O) groups excluding carboxylic acids is 1. The van der Waals surface area contributed by atoms with Crippen molar-refractivity contribution in [1.29, 1.82) is 0 Å². The highest BCUT2D eigenvalue weighted by molar-refractivity contribution is 7.89. The Kier molecular flexibility index (Phi) is 4.84. The van der Waals surface area contributed by atoms with E-state index in [4.69, 9.17) is 5.14 Å². The second-order valence-corrected chi connectivity index (χ2v) is 8.10. The lowest BCUT2D eigenvalue weighted by Gasteiger charge is -2.09. The van der Waals surface area contributed by atoms with Gasteiger partial charge in [0.25, 0.3) is 0 Å². The van der Waals surface area contributed by atoms with E-state index in [1.54, 1.807) is 0 Å². The van der Waals surface area contributed by atoms with E-state index < -0.39 is 10.0 Å². The van der Waals surface area contributed by atoms with Gasteiger partial charge in [0.2, 0.25) is 15.9 Å². The maximum atomic E-state index is 12.3.